The van der Waals surface area contributed by atoms with Crippen molar-refractivity contribution in [2.75, 3.05) is 29.9 Å². The molecule has 0 radical (unpaired) electrons. The molecule has 6 nitrogen and oxygen atoms in total. The smallest absolute Gasteiger partial charge is 0.340 e. The highest BCUT2D eigenvalue weighted by Crippen LogP contribution is 2.38. The highest BCUT2D eigenvalue weighted by molar-refractivity contribution is 5.96. The molecule has 0 spiro atoms. The van der Waals surface area contributed by atoms with Crippen molar-refractivity contribution < 1.29 is 14.3 Å². The first-order valence-electron chi connectivity index (χ1n) is 10.5. The molecule has 2 fully saturated rings. The van der Waals surface area contributed by atoms with E-state index in [9.17, 15) is 9.59 Å². The molecule has 1 saturated carbocycles. The number of nitrogens with one attached hydrogen (secondary N) is 1. The van der Waals surface area contributed by atoms with Crippen LogP contribution < -0.4 is 10.2 Å². The Morgan fingerprint density at radius 3 is 2.41 bits per heavy atom. The molecule has 4 rings (SSSR count). The van der Waals surface area contributed by atoms with Gasteiger partial charge < -0.3 is 19.5 Å². The molecule has 154 valence electrons. The average Bonchev–Trinajstić information content (AvgIpc) is 3.52. The summed E-state index contributed by atoms with van der Waals surface area (Å²) in [6.45, 7) is 5.82. The molecule has 0 unspecified atom stereocenters. The molecule has 1 aliphatic carbocycles. The van der Waals surface area contributed by atoms with E-state index in [1.165, 1.54) is 24.9 Å². The van der Waals surface area contributed by atoms with Gasteiger partial charge in [-0.15, -0.1) is 0 Å². The van der Waals surface area contributed by atoms with Crippen molar-refractivity contribution in [3.63, 3.8) is 0 Å². The standard InChI is InChI=1S/C23H29N3O3/c1-16-14-21(17(2)26(16)20-10-11-20)23(28)29-15-22(27)24-18-6-8-19(9-7-18)25-12-4-3-5-13-25/h6-9,14,20H,3-5,10-13,15H2,1-2H3,(H,24,27). The second kappa shape index (κ2) is 8.31. The Kier molecular flexibility index (Phi) is 5.60. The number of carbonyl (C=O) groups excluding carboxylic acids is 2. The summed E-state index contributed by atoms with van der Waals surface area (Å²) in [5.41, 5.74) is 4.42. The van der Waals surface area contributed by atoms with Gasteiger partial charge in [0.05, 0.1) is 5.56 Å². The van der Waals surface area contributed by atoms with E-state index in [-0.39, 0.29) is 12.5 Å². The van der Waals surface area contributed by atoms with Crippen LogP contribution in [0.1, 0.15) is 59.9 Å². The molecule has 1 amide bonds. The highest BCUT2D eigenvalue weighted by Gasteiger charge is 2.28. The first kappa shape index (κ1) is 19.6. The van der Waals surface area contributed by atoms with Crippen molar-refractivity contribution in [1.29, 1.82) is 0 Å². The molecule has 2 aliphatic rings. The summed E-state index contributed by atoms with van der Waals surface area (Å²) in [6.07, 6.45) is 6.07. The van der Waals surface area contributed by atoms with E-state index in [4.69, 9.17) is 4.74 Å². The number of piperidine rings is 1. The first-order valence-corrected chi connectivity index (χ1v) is 10.5. The zero-order valence-electron chi connectivity index (χ0n) is 17.2. The number of amides is 1. The second-order valence-electron chi connectivity index (χ2n) is 8.10. The first-order chi connectivity index (χ1) is 14.0. The van der Waals surface area contributed by atoms with Gasteiger partial charge in [0.15, 0.2) is 6.61 Å². The zero-order chi connectivity index (χ0) is 20.4. The van der Waals surface area contributed by atoms with Gasteiger partial charge in [0.1, 0.15) is 0 Å². The summed E-state index contributed by atoms with van der Waals surface area (Å²) in [5.74, 6) is -0.777. The van der Waals surface area contributed by atoms with Gasteiger partial charge in [-0.2, -0.15) is 0 Å². The number of aryl methyl sites for hydroxylation is 1. The number of esters is 1. The molecule has 1 aliphatic heterocycles. The Morgan fingerprint density at radius 1 is 1.07 bits per heavy atom. The number of nitrogens with zero attached hydrogens (tertiary/aromatic N) is 2. The molecule has 1 N–H and O–H groups in total. The lowest BCUT2D eigenvalue weighted by Crippen LogP contribution is -2.29. The van der Waals surface area contributed by atoms with E-state index in [2.05, 4.69) is 14.8 Å². The minimum Gasteiger partial charge on any atom is -0.452 e. The lowest BCUT2D eigenvalue weighted by molar-refractivity contribution is -0.119. The average molecular weight is 396 g/mol. The van der Waals surface area contributed by atoms with Crippen LogP contribution in [0, 0.1) is 13.8 Å². The van der Waals surface area contributed by atoms with E-state index >= 15 is 0 Å². The number of ether oxygens (including phenoxy) is 1. The molecular weight excluding hydrogens is 366 g/mol. The van der Waals surface area contributed by atoms with Crippen LogP contribution in [0.4, 0.5) is 11.4 Å². The maximum absolute atomic E-state index is 12.4. The van der Waals surface area contributed by atoms with Crippen LogP contribution in [0.2, 0.25) is 0 Å². The molecule has 1 aromatic heterocycles. The number of anilines is 2. The van der Waals surface area contributed by atoms with Gasteiger partial charge in [-0.05, 0) is 76.3 Å². The second-order valence-corrected chi connectivity index (χ2v) is 8.10. The van der Waals surface area contributed by atoms with Gasteiger partial charge in [0.2, 0.25) is 0 Å². The monoisotopic (exact) mass is 395 g/mol. The van der Waals surface area contributed by atoms with Crippen LogP contribution >= 0.6 is 0 Å². The predicted molar refractivity (Wildman–Crippen MR) is 114 cm³/mol. The lowest BCUT2D eigenvalue weighted by Gasteiger charge is -2.28. The molecule has 29 heavy (non-hydrogen) atoms. The lowest BCUT2D eigenvalue weighted by atomic mass is 10.1. The Morgan fingerprint density at radius 2 is 1.76 bits per heavy atom. The van der Waals surface area contributed by atoms with E-state index in [1.807, 2.05) is 44.2 Å². The fraction of sp³-hybridized carbons (Fsp3) is 0.478. The van der Waals surface area contributed by atoms with Crippen molar-refractivity contribution in [3.05, 3.63) is 47.3 Å². The van der Waals surface area contributed by atoms with E-state index in [0.29, 0.717) is 17.3 Å². The van der Waals surface area contributed by atoms with Gasteiger partial charge in [0, 0.05) is 41.9 Å². The third kappa shape index (κ3) is 4.47. The minimum absolute atomic E-state index is 0.292. The van der Waals surface area contributed by atoms with Crippen molar-refractivity contribution in [3.8, 4) is 0 Å². The predicted octanol–water partition coefficient (Wildman–Crippen LogP) is 4.23. The summed E-state index contributed by atoms with van der Waals surface area (Å²) in [7, 11) is 0. The summed E-state index contributed by atoms with van der Waals surface area (Å²) >= 11 is 0. The Bertz CT molecular complexity index is 891. The van der Waals surface area contributed by atoms with Crippen LogP contribution in [0.5, 0.6) is 0 Å². The Labute approximate surface area is 171 Å². The van der Waals surface area contributed by atoms with Gasteiger partial charge >= 0.3 is 5.97 Å². The normalized spacial score (nSPS) is 16.6. The third-order valence-corrected chi connectivity index (χ3v) is 5.82. The van der Waals surface area contributed by atoms with Crippen LogP contribution in [0.3, 0.4) is 0 Å². The highest BCUT2D eigenvalue weighted by atomic mass is 16.5. The SMILES string of the molecule is Cc1cc(C(=O)OCC(=O)Nc2ccc(N3CCCCC3)cc2)c(C)n1C1CC1. The molecular formula is C23H29N3O3. The Balaban J connectivity index is 1.29. The zero-order valence-corrected chi connectivity index (χ0v) is 17.2. The number of carbonyl (C=O) groups is 2. The maximum Gasteiger partial charge on any atom is 0.340 e. The Hall–Kier alpha value is -2.76. The number of hydrogen-bond donors (Lipinski definition) is 1. The maximum atomic E-state index is 12.4. The summed E-state index contributed by atoms with van der Waals surface area (Å²) in [5, 5.41) is 2.80. The van der Waals surface area contributed by atoms with Gasteiger partial charge in [-0.25, -0.2) is 4.79 Å². The number of aromatic nitrogens is 1. The number of benzene rings is 1. The van der Waals surface area contributed by atoms with Crippen molar-refractivity contribution in [1.82, 2.24) is 4.57 Å². The van der Waals surface area contributed by atoms with Crippen molar-refractivity contribution >= 4 is 23.3 Å². The van der Waals surface area contributed by atoms with E-state index in [0.717, 1.165) is 37.3 Å². The number of hydrogen-bond acceptors (Lipinski definition) is 4. The van der Waals surface area contributed by atoms with Crippen LogP contribution in [-0.2, 0) is 9.53 Å². The van der Waals surface area contributed by atoms with E-state index in [1.54, 1.807) is 0 Å². The topological polar surface area (TPSA) is 63.6 Å². The van der Waals surface area contributed by atoms with Crippen LogP contribution in [-0.4, -0.2) is 36.1 Å². The van der Waals surface area contributed by atoms with E-state index < -0.39 is 5.97 Å². The molecule has 0 bridgehead atoms. The van der Waals surface area contributed by atoms with Gasteiger partial charge in [-0.3, -0.25) is 4.79 Å². The number of rotatable bonds is 6. The molecule has 6 heteroatoms. The fourth-order valence-electron chi connectivity index (χ4n) is 4.19. The molecule has 1 aromatic carbocycles. The van der Waals surface area contributed by atoms with Gasteiger partial charge in [0.25, 0.3) is 5.91 Å². The van der Waals surface area contributed by atoms with Crippen LogP contribution in [0.15, 0.2) is 30.3 Å². The van der Waals surface area contributed by atoms with Gasteiger partial charge in [-0.1, -0.05) is 0 Å². The summed E-state index contributed by atoms with van der Waals surface area (Å²) in [4.78, 5) is 27.0. The van der Waals surface area contributed by atoms with Crippen molar-refractivity contribution in [2.45, 2.75) is 52.0 Å². The molecule has 2 heterocycles. The quantitative estimate of drug-likeness (QED) is 0.744. The fourth-order valence-corrected chi connectivity index (χ4v) is 4.19. The molecule has 1 saturated heterocycles. The summed E-state index contributed by atoms with van der Waals surface area (Å²) in [6, 6.07) is 10.2. The molecule has 0 atom stereocenters. The minimum atomic E-state index is -0.444. The third-order valence-electron chi connectivity index (χ3n) is 5.82. The van der Waals surface area contributed by atoms with Crippen LogP contribution in [0.25, 0.3) is 0 Å². The van der Waals surface area contributed by atoms with Crippen molar-refractivity contribution in [2.24, 2.45) is 0 Å². The summed E-state index contributed by atoms with van der Waals surface area (Å²) < 4.78 is 7.45. The molecule has 2 aromatic rings. The largest absolute Gasteiger partial charge is 0.452 e.